The first kappa shape index (κ1) is 12.5. The highest BCUT2D eigenvalue weighted by atomic mass is 19.1. The summed E-state index contributed by atoms with van der Waals surface area (Å²) in [6.07, 6.45) is 1.62. The second-order valence-corrected chi connectivity index (χ2v) is 4.20. The Morgan fingerprint density at radius 3 is 2.78 bits per heavy atom. The van der Waals surface area contributed by atoms with Gasteiger partial charge in [0.1, 0.15) is 11.6 Å². The number of hydrogen-bond donors (Lipinski definition) is 1. The molecule has 18 heavy (non-hydrogen) atoms. The quantitative estimate of drug-likeness (QED) is 0.903. The minimum atomic E-state index is -0.300. The van der Waals surface area contributed by atoms with E-state index in [-0.39, 0.29) is 11.9 Å². The maximum atomic E-state index is 13.4. The minimum Gasteiger partial charge on any atom is -0.439 e. The largest absolute Gasteiger partial charge is 0.439 e. The topological polar surface area (TPSA) is 48.1 Å². The summed E-state index contributed by atoms with van der Waals surface area (Å²) in [6, 6.07) is 8.16. The van der Waals surface area contributed by atoms with Crippen LogP contribution in [0.2, 0.25) is 0 Å². The van der Waals surface area contributed by atoms with Crippen molar-refractivity contribution in [2.75, 3.05) is 0 Å². The Morgan fingerprint density at radius 2 is 2.11 bits per heavy atom. The lowest BCUT2D eigenvalue weighted by Crippen LogP contribution is -2.07. The molecule has 1 aromatic heterocycles. The first-order valence-electron chi connectivity index (χ1n) is 5.72. The van der Waals surface area contributed by atoms with Gasteiger partial charge in [-0.2, -0.15) is 0 Å². The zero-order chi connectivity index (χ0) is 13.1. The van der Waals surface area contributed by atoms with Crippen LogP contribution in [0.25, 0.3) is 0 Å². The lowest BCUT2D eigenvalue weighted by molar-refractivity contribution is 0.447. The summed E-state index contributed by atoms with van der Waals surface area (Å²) in [7, 11) is 0. The lowest BCUT2D eigenvalue weighted by Gasteiger charge is -2.12. The van der Waals surface area contributed by atoms with Crippen molar-refractivity contribution in [3.05, 3.63) is 53.5 Å². The molecule has 0 bridgehead atoms. The van der Waals surface area contributed by atoms with Gasteiger partial charge in [0.25, 0.3) is 0 Å². The SMILES string of the molecule is Cc1ccc(Oc2ncccc2[C@H](C)N)cc1F. The molecule has 1 aromatic carbocycles. The molecule has 0 aliphatic carbocycles. The smallest absolute Gasteiger partial charge is 0.223 e. The van der Waals surface area contributed by atoms with Crippen LogP contribution < -0.4 is 10.5 Å². The number of ether oxygens (including phenoxy) is 1. The number of pyridine rings is 1. The maximum Gasteiger partial charge on any atom is 0.223 e. The zero-order valence-electron chi connectivity index (χ0n) is 10.4. The van der Waals surface area contributed by atoms with Gasteiger partial charge in [0.2, 0.25) is 5.88 Å². The fourth-order valence-electron chi connectivity index (χ4n) is 1.58. The summed E-state index contributed by atoms with van der Waals surface area (Å²) < 4.78 is 19.0. The van der Waals surface area contributed by atoms with E-state index < -0.39 is 0 Å². The summed E-state index contributed by atoms with van der Waals surface area (Å²) in [4.78, 5) is 4.12. The second-order valence-electron chi connectivity index (χ2n) is 4.20. The molecule has 0 spiro atoms. The molecule has 0 aliphatic heterocycles. The van der Waals surface area contributed by atoms with E-state index in [2.05, 4.69) is 4.98 Å². The first-order valence-corrected chi connectivity index (χ1v) is 5.72. The zero-order valence-corrected chi connectivity index (χ0v) is 10.4. The number of halogens is 1. The van der Waals surface area contributed by atoms with Gasteiger partial charge in [-0.25, -0.2) is 9.37 Å². The Bertz CT molecular complexity index is 555. The van der Waals surface area contributed by atoms with Crippen LogP contribution in [0.5, 0.6) is 11.6 Å². The molecule has 0 radical (unpaired) electrons. The van der Waals surface area contributed by atoms with E-state index in [1.54, 1.807) is 31.3 Å². The highest BCUT2D eigenvalue weighted by Gasteiger charge is 2.10. The summed E-state index contributed by atoms with van der Waals surface area (Å²) in [5.74, 6) is 0.528. The van der Waals surface area contributed by atoms with Gasteiger partial charge in [-0.05, 0) is 31.5 Å². The third-order valence-electron chi connectivity index (χ3n) is 2.65. The van der Waals surface area contributed by atoms with E-state index in [0.717, 1.165) is 5.56 Å². The maximum absolute atomic E-state index is 13.4. The van der Waals surface area contributed by atoms with Gasteiger partial charge in [-0.1, -0.05) is 12.1 Å². The fourth-order valence-corrected chi connectivity index (χ4v) is 1.58. The monoisotopic (exact) mass is 246 g/mol. The normalized spacial score (nSPS) is 12.2. The molecular weight excluding hydrogens is 231 g/mol. The van der Waals surface area contributed by atoms with E-state index in [9.17, 15) is 4.39 Å². The molecule has 4 heteroatoms. The Balaban J connectivity index is 2.31. The Labute approximate surface area is 105 Å². The van der Waals surface area contributed by atoms with Crippen LogP contribution in [-0.2, 0) is 0 Å². The Kier molecular flexibility index (Phi) is 3.58. The number of hydrogen-bond acceptors (Lipinski definition) is 3. The van der Waals surface area contributed by atoms with Gasteiger partial charge in [-0.3, -0.25) is 0 Å². The van der Waals surface area contributed by atoms with Gasteiger partial charge in [0.15, 0.2) is 0 Å². The van der Waals surface area contributed by atoms with Crippen molar-refractivity contribution < 1.29 is 9.13 Å². The van der Waals surface area contributed by atoms with Crippen molar-refractivity contribution >= 4 is 0 Å². The minimum absolute atomic E-state index is 0.191. The predicted octanol–water partition coefficient (Wildman–Crippen LogP) is 3.34. The molecule has 1 heterocycles. The van der Waals surface area contributed by atoms with E-state index in [1.807, 2.05) is 13.0 Å². The van der Waals surface area contributed by atoms with Crippen molar-refractivity contribution in [2.45, 2.75) is 19.9 Å². The van der Waals surface area contributed by atoms with Crippen LogP contribution in [0.4, 0.5) is 4.39 Å². The van der Waals surface area contributed by atoms with Gasteiger partial charge in [-0.15, -0.1) is 0 Å². The number of nitrogens with zero attached hydrogens (tertiary/aromatic N) is 1. The van der Waals surface area contributed by atoms with Crippen LogP contribution >= 0.6 is 0 Å². The summed E-state index contributed by atoms with van der Waals surface area (Å²) in [5, 5.41) is 0. The van der Waals surface area contributed by atoms with Gasteiger partial charge < -0.3 is 10.5 Å². The summed E-state index contributed by atoms with van der Waals surface area (Å²) >= 11 is 0. The van der Waals surface area contributed by atoms with Gasteiger partial charge in [0, 0.05) is 23.9 Å². The molecule has 2 N–H and O–H groups in total. The molecule has 0 unspecified atom stereocenters. The fraction of sp³-hybridized carbons (Fsp3) is 0.214. The Hall–Kier alpha value is -1.94. The van der Waals surface area contributed by atoms with Gasteiger partial charge >= 0.3 is 0 Å². The standard InChI is InChI=1S/C14H15FN2O/c1-9-5-6-11(8-13(9)15)18-14-12(10(2)16)4-3-7-17-14/h3-8,10H,16H2,1-2H3/t10-/m0/s1. The highest BCUT2D eigenvalue weighted by Crippen LogP contribution is 2.27. The average molecular weight is 246 g/mol. The number of nitrogens with two attached hydrogens (primary N) is 1. The summed E-state index contributed by atoms with van der Waals surface area (Å²) in [6.45, 7) is 3.55. The van der Waals surface area contributed by atoms with Crippen molar-refractivity contribution in [1.82, 2.24) is 4.98 Å². The van der Waals surface area contributed by atoms with Crippen LogP contribution in [0, 0.1) is 12.7 Å². The summed E-state index contributed by atoms with van der Waals surface area (Å²) in [5.41, 5.74) is 7.20. The van der Waals surface area contributed by atoms with Crippen molar-refractivity contribution in [3.63, 3.8) is 0 Å². The van der Waals surface area contributed by atoms with Crippen molar-refractivity contribution in [1.29, 1.82) is 0 Å². The number of aromatic nitrogens is 1. The molecule has 3 nitrogen and oxygen atoms in total. The Morgan fingerprint density at radius 1 is 1.33 bits per heavy atom. The molecule has 94 valence electrons. The molecule has 0 aliphatic rings. The van der Waals surface area contributed by atoms with Crippen LogP contribution in [0.15, 0.2) is 36.5 Å². The molecular formula is C14H15FN2O. The van der Waals surface area contributed by atoms with Crippen LogP contribution in [0.1, 0.15) is 24.1 Å². The van der Waals surface area contributed by atoms with Gasteiger partial charge in [0.05, 0.1) is 0 Å². The van der Waals surface area contributed by atoms with E-state index in [1.165, 1.54) is 6.07 Å². The molecule has 2 aromatic rings. The molecule has 2 rings (SSSR count). The van der Waals surface area contributed by atoms with Crippen molar-refractivity contribution in [2.24, 2.45) is 5.73 Å². The third-order valence-corrected chi connectivity index (χ3v) is 2.65. The number of benzene rings is 1. The van der Waals surface area contributed by atoms with E-state index >= 15 is 0 Å². The van der Waals surface area contributed by atoms with Crippen LogP contribution in [0.3, 0.4) is 0 Å². The molecule has 0 saturated carbocycles. The predicted molar refractivity (Wildman–Crippen MR) is 68.1 cm³/mol. The number of rotatable bonds is 3. The highest BCUT2D eigenvalue weighted by molar-refractivity contribution is 5.35. The molecule has 1 atom stereocenters. The van der Waals surface area contributed by atoms with Crippen LogP contribution in [-0.4, -0.2) is 4.98 Å². The van der Waals surface area contributed by atoms with E-state index in [0.29, 0.717) is 17.2 Å². The third kappa shape index (κ3) is 2.65. The van der Waals surface area contributed by atoms with E-state index in [4.69, 9.17) is 10.5 Å². The average Bonchev–Trinajstić information content (AvgIpc) is 2.34. The molecule has 0 saturated heterocycles. The first-order chi connectivity index (χ1) is 8.58. The lowest BCUT2D eigenvalue weighted by atomic mass is 10.1. The van der Waals surface area contributed by atoms with Crippen molar-refractivity contribution in [3.8, 4) is 11.6 Å². The second kappa shape index (κ2) is 5.14. The molecule has 0 amide bonds. The number of aryl methyl sites for hydroxylation is 1. The molecule has 0 fully saturated rings.